The molecule has 0 radical (unpaired) electrons. The van der Waals surface area contributed by atoms with E-state index in [1.807, 2.05) is 6.92 Å². The van der Waals surface area contributed by atoms with E-state index >= 15 is 0 Å². The van der Waals surface area contributed by atoms with Gasteiger partial charge in [-0.25, -0.2) is 9.78 Å². The van der Waals surface area contributed by atoms with Gasteiger partial charge < -0.3 is 4.74 Å². The molecular weight excluding hydrogens is 380 g/mol. The summed E-state index contributed by atoms with van der Waals surface area (Å²) in [5.74, 6) is -0.756. The molecule has 1 aromatic heterocycles. The molecule has 1 unspecified atom stereocenters. The Hall–Kier alpha value is -3.28. The van der Waals surface area contributed by atoms with Crippen molar-refractivity contribution in [2.24, 2.45) is 0 Å². The second-order valence-corrected chi connectivity index (χ2v) is 7.72. The number of ether oxygens (including phenoxy) is 1. The van der Waals surface area contributed by atoms with Crippen LogP contribution in [0.5, 0.6) is 0 Å². The van der Waals surface area contributed by atoms with Gasteiger partial charge in [0.1, 0.15) is 0 Å². The standard InChI is InChI=1S/C24H24N2O4/c1-3-4-5-6-9-15(2)30-24(29)16-12-13-20-18(14-16)21(27)22-25-19-11-8-7-10-17(19)23(28)26(20)22/h7-8,10-15H,3-6,9H2,1-2H3. The Morgan fingerprint density at radius 2 is 1.90 bits per heavy atom. The maximum atomic E-state index is 12.9. The monoisotopic (exact) mass is 404 g/mol. The number of para-hydroxylation sites is 1. The van der Waals surface area contributed by atoms with E-state index in [4.69, 9.17) is 4.74 Å². The Bertz CT molecular complexity index is 1200. The number of benzene rings is 2. The van der Waals surface area contributed by atoms with Gasteiger partial charge in [-0.1, -0.05) is 38.3 Å². The zero-order chi connectivity index (χ0) is 21.3. The van der Waals surface area contributed by atoms with Gasteiger partial charge in [-0.3, -0.25) is 14.2 Å². The second kappa shape index (κ2) is 8.22. The fourth-order valence-electron chi connectivity index (χ4n) is 3.84. The Morgan fingerprint density at radius 1 is 1.10 bits per heavy atom. The van der Waals surface area contributed by atoms with Gasteiger partial charge in [0, 0.05) is 0 Å². The van der Waals surface area contributed by atoms with Crippen LogP contribution in [0.4, 0.5) is 0 Å². The Balaban J connectivity index is 1.59. The molecule has 3 aromatic rings. The highest BCUT2D eigenvalue weighted by Crippen LogP contribution is 2.27. The van der Waals surface area contributed by atoms with Crippen LogP contribution in [0, 0.1) is 0 Å². The number of carbonyl (C=O) groups is 2. The van der Waals surface area contributed by atoms with Gasteiger partial charge in [0.2, 0.25) is 5.78 Å². The Labute approximate surface area is 174 Å². The number of hydrogen-bond donors (Lipinski definition) is 0. The van der Waals surface area contributed by atoms with Crippen LogP contribution in [0.3, 0.4) is 0 Å². The van der Waals surface area contributed by atoms with Gasteiger partial charge in [-0.15, -0.1) is 0 Å². The number of fused-ring (bicyclic) bond motifs is 4. The van der Waals surface area contributed by atoms with Crippen LogP contribution in [-0.4, -0.2) is 27.4 Å². The maximum absolute atomic E-state index is 12.9. The third-order valence-electron chi connectivity index (χ3n) is 5.47. The normalized spacial score (nSPS) is 13.2. The van der Waals surface area contributed by atoms with Crippen LogP contribution in [0.1, 0.15) is 72.5 Å². The summed E-state index contributed by atoms with van der Waals surface area (Å²) in [6.07, 6.45) is 5.10. The summed E-state index contributed by atoms with van der Waals surface area (Å²) in [7, 11) is 0. The van der Waals surface area contributed by atoms with Crippen LogP contribution >= 0.6 is 0 Å². The fourth-order valence-corrected chi connectivity index (χ4v) is 3.84. The van der Waals surface area contributed by atoms with Gasteiger partial charge in [0.25, 0.3) is 5.56 Å². The predicted molar refractivity (Wildman–Crippen MR) is 114 cm³/mol. The summed E-state index contributed by atoms with van der Waals surface area (Å²) in [6, 6.07) is 11.6. The Kier molecular flexibility index (Phi) is 5.48. The third kappa shape index (κ3) is 3.54. The average Bonchev–Trinajstić information content (AvgIpc) is 3.03. The first-order valence-electron chi connectivity index (χ1n) is 10.4. The lowest BCUT2D eigenvalue weighted by Gasteiger charge is -2.13. The summed E-state index contributed by atoms with van der Waals surface area (Å²) in [5.41, 5.74) is 1.22. The van der Waals surface area contributed by atoms with E-state index in [1.165, 1.54) is 17.1 Å². The van der Waals surface area contributed by atoms with E-state index in [0.29, 0.717) is 27.7 Å². The number of unbranched alkanes of at least 4 members (excludes halogenated alkanes) is 3. The first-order valence-corrected chi connectivity index (χ1v) is 10.4. The number of aromatic nitrogens is 2. The van der Waals surface area contributed by atoms with Crippen molar-refractivity contribution >= 4 is 22.7 Å². The van der Waals surface area contributed by atoms with E-state index < -0.39 is 5.97 Å². The van der Waals surface area contributed by atoms with Crippen molar-refractivity contribution in [2.75, 3.05) is 0 Å². The average molecular weight is 404 g/mol. The van der Waals surface area contributed by atoms with Gasteiger partial charge in [0.15, 0.2) is 5.82 Å². The highest BCUT2D eigenvalue weighted by Gasteiger charge is 2.31. The number of hydrogen-bond acceptors (Lipinski definition) is 5. The zero-order valence-electron chi connectivity index (χ0n) is 17.2. The molecule has 0 spiro atoms. The highest BCUT2D eigenvalue weighted by molar-refractivity contribution is 6.14. The zero-order valence-corrected chi connectivity index (χ0v) is 17.2. The molecule has 6 heteroatoms. The third-order valence-corrected chi connectivity index (χ3v) is 5.47. The molecule has 1 aliphatic heterocycles. The predicted octanol–water partition coefficient (Wildman–Crippen LogP) is 4.45. The quantitative estimate of drug-likeness (QED) is 0.336. The molecule has 30 heavy (non-hydrogen) atoms. The number of esters is 1. The smallest absolute Gasteiger partial charge is 0.338 e. The molecule has 0 bridgehead atoms. The molecule has 0 saturated heterocycles. The van der Waals surface area contributed by atoms with Gasteiger partial charge in [0.05, 0.1) is 33.8 Å². The van der Waals surface area contributed by atoms with E-state index in [1.54, 1.807) is 36.4 Å². The Morgan fingerprint density at radius 3 is 2.70 bits per heavy atom. The molecule has 4 rings (SSSR count). The molecule has 0 amide bonds. The summed E-state index contributed by atoms with van der Waals surface area (Å²) >= 11 is 0. The summed E-state index contributed by atoms with van der Waals surface area (Å²) in [5, 5.41) is 0.447. The van der Waals surface area contributed by atoms with Crippen molar-refractivity contribution in [1.29, 1.82) is 0 Å². The van der Waals surface area contributed by atoms with E-state index in [2.05, 4.69) is 11.9 Å². The lowest BCUT2D eigenvalue weighted by molar-refractivity contribution is 0.0319. The van der Waals surface area contributed by atoms with Crippen molar-refractivity contribution in [3.63, 3.8) is 0 Å². The minimum atomic E-state index is -0.463. The van der Waals surface area contributed by atoms with Crippen LogP contribution in [0.25, 0.3) is 16.6 Å². The SMILES string of the molecule is CCCCCCC(C)OC(=O)c1ccc2c(c1)C(=O)c1nc3ccccc3c(=O)n1-2. The number of nitrogens with zero attached hydrogens (tertiary/aromatic N) is 2. The lowest BCUT2D eigenvalue weighted by Crippen LogP contribution is -2.21. The molecule has 0 aliphatic carbocycles. The first-order chi connectivity index (χ1) is 14.5. The minimum absolute atomic E-state index is 0.0727. The molecule has 154 valence electrons. The fraction of sp³-hybridized carbons (Fsp3) is 0.333. The largest absolute Gasteiger partial charge is 0.459 e. The highest BCUT2D eigenvalue weighted by atomic mass is 16.5. The summed E-state index contributed by atoms with van der Waals surface area (Å²) in [6.45, 7) is 4.04. The molecule has 0 N–H and O–H groups in total. The van der Waals surface area contributed by atoms with Gasteiger partial charge in [-0.2, -0.15) is 0 Å². The van der Waals surface area contributed by atoms with Crippen LogP contribution in [0.15, 0.2) is 47.3 Å². The van der Waals surface area contributed by atoms with Crippen molar-refractivity contribution in [3.8, 4) is 5.69 Å². The second-order valence-electron chi connectivity index (χ2n) is 7.72. The van der Waals surface area contributed by atoms with Crippen LogP contribution < -0.4 is 5.56 Å². The molecule has 2 aromatic carbocycles. The van der Waals surface area contributed by atoms with E-state index in [-0.39, 0.29) is 23.3 Å². The first kappa shape index (κ1) is 20.0. The van der Waals surface area contributed by atoms with Gasteiger partial charge in [-0.05, 0) is 50.1 Å². The van der Waals surface area contributed by atoms with Crippen molar-refractivity contribution < 1.29 is 14.3 Å². The molecule has 1 atom stereocenters. The molecular formula is C24H24N2O4. The summed E-state index contributed by atoms with van der Waals surface area (Å²) in [4.78, 5) is 42.8. The molecule has 1 aliphatic rings. The molecule has 6 nitrogen and oxygen atoms in total. The van der Waals surface area contributed by atoms with Crippen LogP contribution in [0.2, 0.25) is 0 Å². The van der Waals surface area contributed by atoms with Crippen molar-refractivity contribution in [3.05, 3.63) is 69.8 Å². The van der Waals surface area contributed by atoms with E-state index in [0.717, 1.165) is 25.7 Å². The van der Waals surface area contributed by atoms with Gasteiger partial charge >= 0.3 is 5.97 Å². The van der Waals surface area contributed by atoms with Crippen LogP contribution in [-0.2, 0) is 4.74 Å². The van der Waals surface area contributed by atoms with Crippen molar-refractivity contribution in [2.45, 2.75) is 52.1 Å². The number of carbonyl (C=O) groups excluding carboxylic acids is 2. The van der Waals surface area contributed by atoms with E-state index in [9.17, 15) is 14.4 Å². The molecule has 0 saturated carbocycles. The molecule has 0 fully saturated rings. The summed E-state index contributed by atoms with van der Waals surface area (Å²) < 4.78 is 6.87. The molecule has 2 heterocycles. The lowest BCUT2D eigenvalue weighted by atomic mass is 10.1. The number of rotatable bonds is 7. The van der Waals surface area contributed by atoms with Crippen molar-refractivity contribution in [1.82, 2.24) is 9.55 Å². The number of ketones is 1. The maximum Gasteiger partial charge on any atom is 0.338 e. The topological polar surface area (TPSA) is 78.3 Å². The minimum Gasteiger partial charge on any atom is -0.459 e.